The summed E-state index contributed by atoms with van der Waals surface area (Å²) in [4.78, 5) is 21.4. The van der Waals surface area contributed by atoms with Gasteiger partial charge in [0.05, 0.1) is 10.2 Å². The number of nitrogens with zero attached hydrogens (tertiary/aromatic N) is 3. The Kier molecular flexibility index (Phi) is 6.69. The number of aromatic nitrogens is 1. The molecule has 1 amide bonds. The Balaban J connectivity index is 1.10. The van der Waals surface area contributed by atoms with E-state index in [1.165, 1.54) is 23.5 Å². The number of guanidine groups is 1. The van der Waals surface area contributed by atoms with Gasteiger partial charge in [-0.3, -0.25) is 20.4 Å². The van der Waals surface area contributed by atoms with Crippen molar-refractivity contribution in [3.8, 4) is 0 Å². The molecule has 0 radical (unpaired) electrons. The van der Waals surface area contributed by atoms with Crippen LogP contribution in [-0.4, -0.2) is 52.8 Å². The van der Waals surface area contributed by atoms with E-state index < -0.39 is 0 Å². The van der Waals surface area contributed by atoms with Gasteiger partial charge in [-0.05, 0) is 54.1 Å². The Morgan fingerprint density at radius 1 is 0.943 bits per heavy atom. The fourth-order valence-corrected chi connectivity index (χ4v) is 4.85. The zero-order chi connectivity index (χ0) is 24.2. The van der Waals surface area contributed by atoms with Gasteiger partial charge in [-0.1, -0.05) is 35.6 Å². The maximum absolute atomic E-state index is 13.1. The van der Waals surface area contributed by atoms with Crippen LogP contribution in [0, 0.1) is 11.2 Å². The largest absolute Gasteiger partial charge is 0.340 e. The van der Waals surface area contributed by atoms with Gasteiger partial charge >= 0.3 is 0 Å². The SMILES string of the molecule is N=C(Nc1ccc(F)cc1)N1CCN(Cc2ccc(C(=O)Nc3nc4ccccc4s3)cc2)CC1. The molecule has 7 nitrogen and oxygen atoms in total. The number of benzene rings is 3. The van der Waals surface area contributed by atoms with Gasteiger partial charge in [0.25, 0.3) is 5.91 Å². The first-order valence-corrected chi connectivity index (χ1v) is 12.2. The smallest absolute Gasteiger partial charge is 0.257 e. The molecule has 3 N–H and O–H groups in total. The highest BCUT2D eigenvalue weighted by atomic mass is 32.1. The zero-order valence-corrected chi connectivity index (χ0v) is 19.8. The molecule has 4 aromatic rings. The highest BCUT2D eigenvalue weighted by Crippen LogP contribution is 2.25. The summed E-state index contributed by atoms with van der Waals surface area (Å²) in [5.41, 5.74) is 3.31. The highest BCUT2D eigenvalue weighted by Gasteiger charge is 2.19. The molecule has 1 aliphatic heterocycles. The Morgan fingerprint density at radius 3 is 2.37 bits per heavy atom. The first kappa shape index (κ1) is 22.9. The van der Waals surface area contributed by atoms with E-state index in [4.69, 9.17) is 5.41 Å². The number of fused-ring (bicyclic) bond motifs is 1. The molecule has 9 heteroatoms. The van der Waals surface area contributed by atoms with Crippen LogP contribution in [0.4, 0.5) is 15.2 Å². The van der Waals surface area contributed by atoms with Crippen molar-refractivity contribution in [2.75, 3.05) is 36.8 Å². The third-order valence-electron chi connectivity index (χ3n) is 5.93. The summed E-state index contributed by atoms with van der Waals surface area (Å²) in [6.07, 6.45) is 0. The van der Waals surface area contributed by atoms with Crippen LogP contribution in [0.1, 0.15) is 15.9 Å². The number of nitrogens with one attached hydrogen (secondary N) is 3. The van der Waals surface area contributed by atoms with Gasteiger partial charge in [0, 0.05) is 44.0 Å². The number of hydrogen-bond acceptors (Lipinski definition) is 5. The van der Waals surface area contributed by atoms with Gasteiger partial charge in [-0.25, -0.2) is 9.37 Å². The Labute approximate surface area is 206 Å². The van der Waals surface area contributed by atoms with Gasteiger partial charge < -0.3 is 10.2 Å². The Morgan fingerprint density at radius 2 is 1.66 bits per heavy atom. The molecular formula is C26H25FN6OS. The second-order valence-electron chi connectivity index (χ2n) is 8.38. The molecule has 1 fully saturated rings. The monoisotopic (exact) mass is 488 g/mol. The number of anilines is 2. The van der Waals surface area contributed by atoms with E-state index in [0.29, 0.717) is 22.3 Å². The topological polar surface area (TPSA) is 84.4 Å². The molecule has 35 heavy (non-hydrogen) atoms. The second-order valence-corrected chi connectivity index (χ2v) is 9.41. The van der Waals surface area contributed by atoms with Crippen molar-refractivity contribution in [2.24, 2.45) is 0 Å². The molecule has 0 bridgehead atoms. The highest BCUT2D eigenvalue weighted by molar-refractivity contribution is 7.22. The summed E-state index contributed by atoms with van der Waals surface area (Å²) in [5.74, 6) is -0.145. The predicted octanol–water partition coefficient (Wildman–Crippen LogP) is 4.85. The molecule has 0 atom stereocenters. The van der Waals surface area contributed by atoms with E-state index in [1.54, 1.807) is 12.1 Å². The lowest BCUT2D eigenvalue weighted by atomic mass is 10.1. The molecule has 1 aliphatic rings. The summed E-state index contributed by atoms with van der Waals surface area (Å²) in [6, 6.07) is 21.5. The average molecular weight is 489 g/mol. The number of amides is 1. The van der Waals surface area contributed by atoms with Crippen LogP contribution in [0.3, 0.4) is 0 Å². The van der Waals surface area contributed by atoms with E-state index in [0.717, 1.165) is 48.5 Å². The van der Waals surface area contributed by atoms with Crippen LogP contribution in [0.5, 0.6) is 0 Å². The molecule has 2 heterocycles. The Hall–Kier alpha value is -3.82. The summed E-state index contributed by atoms with van der Waals surface area (Å²) in [7, 11) is 0. The fraction of sp³-hybridized carbons (Fsp3) is 0.192. The standard InChI is InChI=1S/C26H25FN6OS/c27-20-9-11-21(12-10-20)29-25(28)33-15-13-32(14-16-33)17-18-5-7-19(8-6-18)24(34)31-26-30-22-3-1-2-4-23(22)35-26/h1-12H,13-17H2,(H2,28,29)(H,30,31,34). The summed E-state index contributed by atoms with van der Waals surface area (Å²) < 4.78 is 14.1. The molecule has 3 aromatic carbocycles. The first-order chi connectivity index (χ1) is 17.0. The molecule has 1 aromatic heterocycles. The maximum Gasteiger partial charge on any atom is 0.257 e. The Bertz CT molecular complexity index is 1300. The summed E-state index contributed by atoms with van der Waals surface area (Å²) in [5, 5.41) is 14.8. The molecular weight excluding hydrogens is 463 g/mol. The number of hydrogen-bond donors (Lipinski definition) is 3. The van der Waals surface area contributed by atoms with Crippen molar-refractivity contribution < 1.29 is 9.18 Å². The van der Waals surface area contributed by atoms with Crippen molar-refractivity contribution in [1.29, 1.82) is 5.41 Å². The minimum absolute atomic E-state index is 0.170. The second kappa shape index (κ2) is 10.2. The van der Waals surface area contributed by atoms with E-state index >= 15 is 0 Å². The molecule has 1 saturated heterocycles. The van der Waals surface area contributed by atoms with E-state index in [9.17, 15) is 9.18 Å². The minimum Gasteiger partial charge on any atom is -0.340 e. The van der Waals surface area contributed by atoms with Crippen LogP contribution in [0.15, 0.2) is 72.8 Å². The summed E-state index contributed by atoms with van der Waals surface area (Å²) in [6.45, 7) is 3.90. The van der Waals surface area contributed by atoms with E-state index in [1.807, 2.05) is 53.4 Å². The van der Waals surface area contributed by atoms with Gasteiger partial charge in [-0.2, -0.15) is 0 Å². The van der Waals surface area contributed by atoms with Gasteiger partial charge in [0.15, 0.2) is 11.1 Å². The zero-order valence-electron chi connectivity index (χ0n) is 19.0. The number of piperazine rings is 1. The predicted molar refractivity (Wildman–Crippen MR) is 139 cm³/mol. The normalized spacial score (nSPS) is 14.1. The minimum atomic E-state index is -0.294. The van der Waals surface area contributed by atoms with E-state index in [-0.39, 0.29) is 11.7 Å². The molecule has 0 saturated carbocycles. The lowest BCUT2D eigenvalue weighted by Gasteiger charge is -2.36. The third-order valence-corrected chi connectivity index (χ3v) is 6.88. The number of rotatable bonds is 5. The molecule has 0 aliphatic carbocycles. The first-order valence-electron chi connectivity index (χ1n) is 11.4. The molecule has 5 rings (SSSR count). The van der Waals surface area contributed by atoms with Crippen molar-refractivity contribution in [3.05, 3.63) is 89.7 Å². The number of thiazole rings is 1. The van der Waals surface area contributed by atoms with Gasteiger partial charge in [0.2, 0.25) is 0 Å². The van der Waals surface area contributed by atoms with Crippen molar-refractivity contribution in [3.63, 3.8) is 0 Å². The molecule has 178 valence electrons. The van der Waals surface area contributed by atoms with Crippen LogP contribution in [0.25, 0.3) is 10.2 Å². The van der Waals surface area contributed by atoms with E-state index in [2.05, 4.69) is 20.5 Å². The van der Waals surface area contributed by atoms with Crippen LogP contribution < -0.4 is 10.6 Å². The lowest BCUT2D eigenvalue weighted by Crippen LogP contribution is -2.49. The van der Waals surface area contributed by atoms with Crippen molar-refractivity contribution >= 4 is 44.2 Å². The van der Waals surface area contributed by atoms with Crippen LogP contribution in [-0.2, 0) is 6.54 Å². The fourth-order valence-electron chi connectivity index (χ4n) is 3.99. The number of carbonyl (C=O) groups is 1. The molecule has 0 spiro atoms. The van der Waals surface area contributed by atoms with Gasteiger partial charge in [-0.15, -0.1) is 0 Å². The maximum atomic E-state index is 13.1. The number of halogens is 1. The quantitative estimate of drug-likeness (QED) is 0.276. The van der Waals surface area contributed by atoms with Crippen molar-refractivity contribution in [1.82, 2.24) is 14.8 Å². The summed E-state index contributed by atoms with van der Waals surface area (Å²) >= 11 is 1.46. The van der Waals surface area contributed by atoms with Crippen LogP contribution >= 0.6 is 11.3 Å². The third kappa shape index (κ3) is 5.64. The number of carbonyl (C=O) groups excluding carboxylic acids is 1. The molecule has 0 unspecified atom stereocenters. The van der Waals surface area contributed by atoms with Crippen LogP contribution in [0.2, 0.25) is 0 Å². The van der Waals surface area contributed by atoms with Gasteiger partial charge in [0.1, 0.15) is 5.82 Å². The van der Waals surface area contributed by atoms with Crippen molar-refractivity contribution in [2.45, 2.75) is 6.54 Å². The lowest BCUT2D eigenvalue weighted by molar-refractivity contribution is 0.102. The number of para-hydroxylation sites is 1. The average Bonchev–Trinajstić information content (AvgIpc) is 3.28.